The zero-order valence-electron chi connectivity index (χ0n) is 22.1. The Labute approximate surface area is 230 Å². The molecule has 0 aliphatic carbocycles. The first-order valence-corrected chi connectivity index (χ1v) is 13.8. The van der Waals surface area contributed by atoms with Crippen LogP contribution in [0.5, 0.6) is 0 Å². The summed E-state index contributed by atoms with van der Waals surface area (Å²) in [7, 11) is 0. The first-order chi connectivity index (χ1) is 18.6. The maximum atomic E-state index is 13.7. The number of thioether (sulfide) groups is 1. The van der Waals surface area contributed by atoms with Crippen molar-refractivity contribution in [1.82, 2.24) is 20.4 Å². The van der Waals surface area contributed by atoms with Gasteiger partial charge in [-0.3, -0.25) is 9.69 Å². The Morgan fingerprint density at radius 2 is 1.97 bits per heavy atom. The van der Waals surface area contributed by atoms with Crippen molar-refractivity contribution in [3.63, 3.8) is 0 Å². The molecular formula is C27H32N4O7S. The number of carbonyl (C=O) groups excluding carboxylic acids is 4. The molecule has 0 saturated carbocycles. The molecule has 12 heteroatoms. The van der Waals surface area contributed by atoms with Gasteiger partial charge in [0.25, 0.3) is 0 Å². The molecule has 1 aromatic carbocycles. The Hall–Kier alpha value is -3.51. The Kier molecular flexibility index (Phi) is 7.59. The quantitative estimate of drug-likeness (QED) is 0.309. The number of ether oxygens (including phenoxy) is 3. The third-order valence-electron chi connectivity index (χ3n) is 6.69. The van der Waals surface area contributed by atoms with Crippen molar-refractivity contribution in [2.24, 2.45) is 0 Å². The SMILES string of the molecule is CC(C)(C)OC(=O)N[C@@H]1C(=O)N2[C@@H](C(=O)OCc3ccccc3)C(/C(=C3/CCNC3)N3CCOC3=O)=CS[C@H]12. The second kappa shape index (κ2) is 10.9. The Balaban J connectivity index is 1.46. The molecule has 0 spiro atoms. The van der Waals surface area contributed by atoms with E-state index in [1.54, 1.807) is 26.2 Å². The largest absolute Gasteiger partial charge is 0.459 e. The number of hydrogen-bond donors (Lipinski definition) is 2. The molecule has 1 aromatic rings. The van der Waals surface area contributed by atoms with Crippen LogP contribution >= 0.6 is 11.8 Å². The van der Waals surface area contributed by atoms with Crippen LogP contribution in [0.3, 0.4) is 0 Å². The summed E-state index contributed by atoms with van der Waals surface area (Å²) in [5.41, 5.74) is 2.13. The Morgan fingerprint density at radius 3 is 2.62 bits per heavy atom. The van der Waals surface area contributed by atoms with Gasteiger partial charge in [0.2, 0.25) is 5.91 Å². The molecule has 0 unspecified atom stereocenters. The fourth-order valence-electron chi connectivity index (χ4n) is 4.98. The highest BCUT2D eigenvalue weighted by Gasteiger charge is 2.57. The summed E-state index contributed by atoms with van der Waals surface area (Å²) in [6.07, 6.45) is -0.514. The van der Waals surface area contributed by atoms with E-state index in [9.17, 15) is 19.2 Å². The first-order valence-electron chi connectivity index (χ1n) is 12.9. The maximum absolute atomic E-state index is 13.7. The zero-order valence-corrected chi connectivity index (χ0v) is 22.9. The molecular weight excluding hydrogens is 524 g/mol. The smallest absolute Gasteiger partial charge is 0.414 e. The molecule has 11 nitrogen and oxygen atoms in total. The monoisotopic (exact) mass is 556 g/mol. The molecule has 4 aliphatic heterocycles. The van der Waals surface area contributed by atoms with E-state index in [-0.39, 0.29) is 13.2 Å². The normalized spacial score (nSPS) is 25.8. The van der Waals surface area contributed by atoms with Gasteiger partial charge in [-0.15, -0.1) is 11.8 Å². The van der Waals surface area contributed by atoms with Crippen molar-refractivity contribution in [3.8, 4) is 0 Å². The maximum Gasteiger partial charge on any atom is 0.414 e. The molecule has 5 rings (SSSR count). The molecule has 4 aliphatic rings. The molecule has 0 aromatic heterocycles. The summed E-state index contributed by atoms with van der Waals surface area (Å²) in [4.78, 5) is 55.2. The molecule has 2 N–H and O–H groups in total. The van der Waals surface area contributed by atoms with E-state index < -0.39 is 47.1 Å². The summed E-state index contributed by atoms with van der Waals surface area (Å²) in [6, 6.07) is 7.29. The number of benzene rings is 1. The van der Waals surface area contributed by atoms with Gasteiger partial charge in [0.15, 0.2) is 6.04 Å². The number of nitrogens with one attached hydrogen (secondary N) is 2. The van der Waals surface area contributed by atoms with Crippen molar-refractivity contribution in [1.29, 1.82) is 0 Å². The van der Waals surface area contributed by atoms with Crippen molar-refractivity contribution in [2.75, 3.05) is 26.2 Å². The highest BCUT2D eigenvalue weighted by Crippen LogP contribution is 2.44. The van der Waals surface area contributed by atoms with Crippen LogP contribution in [0, 0.1) is 0 Å². The predicted molar refractivity (Wildman–Crippen MR) is 142 cm³/mol. The predicted octanol–water partition coefficient (Wildman–Crippen LogP) is 2.49. The van der Waals surface area contributed by atoms with E-state index in [4.69, 9.17) is 14.2 Å². The van der Waals surface area contributed by atoms with Gasteiger partial charge in [0.1, 0.15) is 30.2 Å². The summed E-state index contributed by atoms with van der Waals surface area (Å²) in [5, 5.41) is 7.18. The van der Waals surface area contributed by atoms with E-state index in [0.29, 0.717) is 30.8 Å². The minimum Gasteiger partial charge on any atom is -0.459 e. The molecule has 4 heterocycles. The van der Waals surface area contributed by atoms with Crippen LogP contribution < -0.4 is 10.6 Å². The Bertz CT molecular complexity index is 1220. The number of β-lactam (4-membered cyclic amide) rings is 1. The summed E-state index contributed by atoms with van der Waals surface area (Å²) < 4.78 is 16.3. The molecule has 0 radical (unpaired) electrons. The summed E-state index contributed by atoms with van der Waals surface area (Å²) >= 11 is 1.31. The third kappa shape index (κ3) is 5.62. The van der Waals surface area contributed by atoms with Crippen LogP contribution in [0.1, 0.15) is 32.8 Å². The van der Waals surface area contributed by atoms with Crippen LogP contribution in [0.2, 0.25) is 0 Å². The number of carbonyl (C=O) groups is 4. The molecule has 3 saturated heterocycles. The van der Waals surface area contributed by atoms with Crippen molar-refractivity contribution in [2.45, 2.75) is 56.9 Å². The summed E-state index contributed by atoms with van der Waals surface area (Å²) in [5.74, 6) is -1.04. The van der Waals surface area contributed by atoms with Crippen molar-refractivity contribution in [3.05, 3.63) is 58.1 Å². The van der Waals surface area contributed by atoms with E-state index in [0.717, 1.165) is 17.7 Å². The fraction of sp³-hybridized carbons (Fsp3) is 0.481. The van der Waals surface area contributed by atoms with Gasteiger partial charge in [0.05, 0.1) is 12.2 Å². The fourth-order valence-corrected chi connectivity index (χ4v) is 6.20. The van der Waals surface area contributed by atoms with Gasteiger partial charge >= 0.3 is 18.2 Å². The third-order valence-corrected chi connectivity index (χ3v) is 7.86. The highest BCUT2D eigenvalue weighted by atomic mass is 32.2. The number of cyclic esters (lactones) is 1. The van der Waals surface area contributed by atoms with Gasteiger partial charge in [0, 0.05) is 12.1 Å². The standard InChI is InChI=1S/C27H32N4O7S/c1-27(2,3)38-25(34)29-19-22(32)31-21(24(33)37-14-16-7-5-4-6-8-16)18(15-39-23(19)31)20(17-9-10-28-13-17)30-11-12-36-26(30)35/h4-8,15,19,21,23,28H,9-14H2,1-3H3,(H,29,34)/b20-17+/t19-,21-,23-/m1/s1. The van der Waals surface area contributed by atoms with Crippen LogP contribution in [-0.2, 0) is 30.4 Å². The Morgan fingerprint density at radius 1 is 1.21 bits per heavy atom. The second-order valence-electron chi connectivity index (χ2n) is 10.6. The number of amides is 3. The van der Waals surface area contributed by atoms with E-state index in [1.165, 1.54) is 21.6 Å². The lowest BCUT2D eigenvalue weighted by atomic mass is 9.93. The molecule has 0 bridgehead atoms. The van der Waals surface area contributed by atoms with E-state index in [2.05, 4.69) is 10.6 Å². The van der Waals surface area contributed by atoms with E-state index in [1.807, 2.05) is 30.3 Å². The van der Waals surface area contributed by atoms with Gasteiger partial charge in [-0.05, 0) is 50.3 Å². The molecule has 208 valence electrons. The topological polar surface area (TPSA) is 127 Å². The minimum absolute atomic E-state index is 0.0299. The first kappa shape index (κ1) is 27.1. The number of rotatable bonds is 6. The lowest BCUT2D eigenvalue weighted by molar-refractivity contribution is -0.163. The van der Waals surface area contributed by atoms with E-state index >= 15 is 0 Å². The van der Waals surface area contributed by atoms with Crippen LogP contribution in [-0.4, -0.2) is 83.2 Å². The van der Waals surface area contributed by atoms with Gasteiger partial charge in [-0.2, -0.15) is 0 Å². The minimum atomic E-state index is -1.10. The van der Waals surface area contributed by atoms with Gasteiger partial charge < -0.3 is 29.7 Å². The number of hydrogen-bond acceptors (Lipinski definition) is 9. The zero-order chi connectivity index (χ0) is 27.7. The highest BCUT2D eigenvalue weighted by molar-refractivity contribution is 8.03. The average Bonchev–Trinajstić information content (AvgIpc) is 3.58. The molecule has 3 amide bonds. The molecule has 3 atom stereocenters. The lowest BCUT2D eigenvalue weighted by Crippen LogP contribution is -2.74. The summed E-state index contributed by atoms with van der Waals surface area (Å²) in [6.45, 7) is 7.10. The number of nitrogens with zero attached hydrogens (tertiary/aromatic N) is 2. The average molecular weight is 557 g/mol. The number of esters is 1. The second-order valence-corrected chi connectivity index (χ2v) is 11.6. The van der Waals surface area contributed by atoms with Crippen LogP contribution in [0.15, 0.2) is 52.6 Å². The lowest BCUT2D eigenvalue weighted by Gasteiger charge is -2.52. The van der Waals surface area contributed by atoms with Gasteiger partial charge in [-0.25, -0.2) is 14.4 Å². The van der Waals surface area contributed by atoms with Crippen LogP contribution in [0.4, 0.5) is 9.59 Å². The number of alkyl carbamates (subject to hydrolysis) is 1. The van der Waals surface area contributed by atoms with Gasteiger partial charge in [-0.1, -0.05) is 30.3 Å². The number of fused-ring (bicyclic) bond motifs is 1. The van der Waals surface area contributed by atoms with Crippen molar-refractivity contribution >= 4 is 35.8 Å². The van der Waals surface area contributed by atoms with Crippen LogP contribution in [0.25, 0.3) is 0 Å². The molecule has 39 heavy (non-hydrogen) atoms. The molecule has 3 fully saturated rings. The van der Waals surface area contributed by atoms with Crippen molar-refractivity contribution < 1.29 is 33.4 Å².